The van der Waals surface area contributed by atoms with Crippen LogP contribution in [0.4, 0.5) is 10.2 Å². The Morgan fingerprint density at radius 2 is 2.10 bits per heavy atom. The maximum Gasteiger partial charge on any atom is 0.311 e. The molecule has 0 saturated heterocycles. The van der Waals surface area contributed by atoms with E-state index in [4.69, 9.17) is 16.3 Å². The largest absolute Gasteiger partial charge is 0.463 e. The van der Waals surface area contributed by atoms with Gasteiger partial charge in [0.2, 0.25) is 0 Å². The number of ether oxygens (including phenoxy) is 1. The molecule has 1 aliphatic rings. The Morgan fingerprint density at radius 3 is 2.90 bits per heavy atom. The highest BCUT2D eigenvalue weighted by atomic mass is 35.5. The number of aromatic amines is 1. The summed E-state index contributed by atoms with van der Waals surface area (Å²) in [5, 5.41) is 4.37. The Balaban J connectivity index is 1.63. The van der Waals surface area contributed by atoms with Crippen molar-refractivity contribution in [1.82, 2.24) is 19.9 Å². The van der Waals surface area contributed by atoms with E-state index in [1.807, 2.05) is 13.8 Å². The Kier molecular flexibility index (Phi) is 5.85. The first-order valence-corrected chi connectivity index (χ1v) is 10.4. The van der Waals surface area contributed by atoms with Gasteiger partial charge in [0.1, 0.15) is 5.65 Å². The highest BCUT2D eigenvalue weighted by molar-refractivity contribution is 6.31. The first kappa shape index (κ1) is 20.5. The van der Waals surface area contributed by atoms with Crippen molar-refractivity contribution >= 4 is 34.4 Å². The summed E-state index contributed by atoms with van der Waals surface area (Å²) >= 11 is 6.07. The van der Waals surface area contributed by atoms with Crippen LogP contribution in [0.3, 0.4) is 0 Å². The van der Waals surface area contributed by atoms with Crippen LogP contribution in [0.25, 0.3) is 22.4 Å². The fourth-order valence-corrected chi connectivity index (χ4v) is 4.00. The number of rotatable bonds is 5. The molecule has 3 heterocycles. The molecule has 4 rings (SSSR count). The summed E-state index contributed by atoms with van der Waals surface area (Å²) in [6, 6.07) is 1.51. The number of nitrogens with zero attached hydrogens (tertiary/aromatic N) is 3. The number of hydrogen-bond acceptors (Lipinski definition) is 6. The molecule has 1 aliphatic carbocycles. The average molecular weight is 432 g/mol. The number of H-pyrrole nitrogens is 1. The van der Waals surface area contributed by atoms with E-state index in [9.17, 15) is 9.18 Å². The van der Waals surface area contributed by atoms with Gasteiger partial charge in [-0.15, -0.1) is 0 Å². The minimum atomic E-state index is -0.573. The molecule has 0 amide bonds. The Bertz CT molecular complexity index is 1070. The third-order valence-electron chi connectivity index (χ3n) is 5.23. The number of carbonyl (C=O) groups excluding carboxylic acids is 1. The van der Waals surface area contributed by atoms with Crippen molar-refractivity contribution in [3.05, 3.63) is 35.5 Å². The zero-order valence-electron chi connectivity index (χ0n) is 16.8. The fraction of sp³-hybridized carbons (Fsp3) is 0.429. The van der Waals surface area contributed by atoms with Crippen molar-refractivity contribution in [1.29, 1.82) is 0 Å². The van der Waals surface area contributed by atoms with Crippen LogP contribution in [0.2, 0.25) is 5.02 Å². The van der Waals surface area contributed by atoms with E-state index in [2.05, 4.69) is 25.3 Å². The second-order valence-corrected chi connectivity index (χ2v) is 8.21. The minimum Gasteiger partial charge on any atom is -0.463 e. The van der Waals surface area contributed by atoms with Crippen molar-refractivity contribution in [3.63, 3.8) is 0 Å². The van der Waals surface area contributed by atoms with Gasteiger partial charge in [0, 0.05) is 29.4 Å². The lowest BCUT2D eigenvalue weighted by Crippen LogP contribution is -2.39. The van der Waals surface area contributed by atoms with Crippen LogP contribution in [0, 0.1) is 11.7 Å². The standard InChI is InChI=1S/C21H23ClFN5O2/c1-11(2)30-21(29)13-5-3-4-6-17(13)27-20-16(23)10-26-19(28-20)15-9-25-18-14(15)7-12(22)8-24-18/h7-11,13,17H,3-6H2,1-2H3,(H,24,25)(H,26,27,28)/t13-,17?/m1/s1. The number of pyridine rings is 1. The lowest BCUT2D eigenvalue weighted by atomic mass is 9.84. The summed E-state index contributed by atoms with van der Waals surface area (Å²) in [4.78, 5) is 28.3. The van der Waals surface area contributed by atoms with Gasteiger partial charge in [-0.1, -0.05) is 24.4 Å². The molecular formula is C21H23ClFN5O2. The second kappa shape index (κ2) is 8.55. The summed E-state index contributed by atoms with van der Waals surface area (Å²) in [7, 11) is 0. The maximum atomic E-state index is 14.5. The van der Waals surface area contributed by atoms with Crippen LogP contribution < -0.4 is 5.32 Å². The minimum absolute atomic E-state index is 0.0681. The fourth-order valence-electron chi connectivity index (χ4n) is 3.84. The molecule has 0 aliphatic heterocycles. The Labute approximate surface area is 178 Å². The third-order valence-corrected chi connectivity index (χ3v) is 5.43. The lowest BCUT2D eigenvalue weighted by molar-refractivity contribution is -0.153. The van der Waals surface area contributed by atoms with Crippen LogP contribution in [-0.2, 0) is 9.53 Å². The van der Waals surface area contributed by atoms with Crippen molar-refractivity contribution < 1.29 is 13.9 Å². The number of halogens is 2. The smallest absolute Gasteiger partial charge is 0.311 e. The molecule has 1 unspecified atom stereocenters. The van der Waals surface area contributed by atoms with Gasteiger partial charge in [-0.25, -0.2) is 19.3 Å². The summed E-state index contributed by atoms with van der Waals surface area (Å²) in [5.41, 5.74) is 1.31. The van der Waals surface area contributed by atoms with Crippen LogP contribution in [0.5, 0.6) is 0 Å². The zero-order chi connectivity index (χ0) is 21.3. The number of hydrogen-bond donors (Lipinski definition) is 2. The lowest BCUT2D eigenvalue weighted by Gasteiger charge is -2.31. The van der Waals surface area contributed by atoms with Gasteiger partial charge in [-0.2, -0.15) is 0 Å². The van der Waals surface area contributed by atoms with E-state index in [-0.39, 0.29) is 29.9 Å². The normalized spacial score (nSPS) is 19.2. The summed E-state index contributed by atoms with van der Waals surface area (Å²) < 4.78 is 19.9. The summed E-state index contributed by atoms with van der Waals surface area (Å²) in [5.74, 6) is -0.759. The van der Waals surface area contributed by atoms with Crippen molar-refractivity contribution in [2.75, 3.05) is 5.32 Å². The highest BCUT2D eigenvalue weighted by Crippen LogP contribution is 2.31. The molecule has 1 fully saturated rings. The second-order valence-electron chi connectivity index (χ2n) is 7.77. The number of fused-ring (bicyclic) bond motifs is 1. The highest BCUT2D eigenvalue weighted by Gasteiger charge is 2.33. The number of nitrogens with one attached hydrogen (secondary N) is 2. The predicted octanol–water partition coefficient (Wildman–Crippen LogP) is 4.73. The van der Waals surface area contributed by atoms with E-state index in [1.54, 1.807) is 18.5 Å². The van der Waals surface area contributed by atoms with Crippen LogP contribution >= 0.6 is 11.6 Å². The Hall–Kier alpha value is -2.74. The quantitative estimate of drug-likeness (QED) is 0.567. The third kappa shape index (κ3) is 4.23. The first-order valence-electron chi connectivity index (χ1n) is 10.0. The van der Waals surface area contributed by atoms with Gasteiger partial charge in [0.25, 0.3) is 0 Å². The number of carbonyl (C=O) groups is 1. The van der Waals surface area contributed by atoms with Gasteiger partial charge in [-0.3, -0.25) is 4.79 Å². The van der Waals surface area contributed by atoms with E-state index < -0.39 is 5.82 Å². The van der Waals surface area contributed by atoms with Gasteiger partial charge < -0.3 is 15.0 Å². The summed E-state index contributed by atoms with van der Waals surface area (Å²) in [6.07, 6.45) is 7.54. The van der Waals surface area contributed by atoms with E-state index in [1.165, 1.54) is 0 Å². The van der Waals surface area contributed by atoms with Gasteiger partial charge in [-0.05, 0) is 32.8 Å². The van der Waals surface area contributed by atoms with E-state index in [0.29, 0.717) is 28.5 Å². The van der Waals surface area contributed by atoms with Crippen molar-refractivity contribution in [3.8, 4) is 11.4 Å². The van der Waals surface area contributed by atoms with Crippen LogP contribution in [-0.4, -0.2) is 38.1 Å². The first-order chi connectivity index (χ1) is 14.4. The molecule has 2 atom stereocenters. The molecule has 158 valence electrons. The molecule has 0 spiro atoms. The predicted molar refractivity (Wildman–Crippen MR) is 113 cm³/mol. The summed E-state index contributed by atoms with van der Waals surface area (Å²) in [6.45, 7) is 3.64. The average Bonchev–Trinajstić information content (AvgIpc) is 3.12. The number of esters is 1. The topological polar surface area (TPSA) is 92.8 Å². The van der Waals surface area contributed by atoms with Crippen LogP contribution in [0.15, 0.2) is 24.7 Å². The molecule has 7 nitrogen and oxygen atoms in total. The molecule has 2 N–H and O–H groups in total. The van der Waals surface area contributed by atoms with Gasteiger partial charge in [0.15, 0.2) is 17.5 Å². The number of anilines is 1. The molecule has 3 aromatic rings. The number of aromatic nitrogens is 4. The van der Waals surface area contributed by atoms with E-state index >= 15 is 0 Å². The molecule has 0 bridgehead atoms. The van der Waals surface area contributed by atoms with Crippen LogP contribution in [0.1, 0.15) is 39.5 Å². The molecule has 0 radical (unpaired) electrons. The molecule has 3 aromatic heterocycles. The van der Waals surface area contributed by atoms with Crippen molar-refractivity contribution in [2.24, 2.45) is 5.92 Å². The SMILES string of the molecule is CC(C)OC(=O)[C@@H]1CCCCC1Nc1nc(-c2c[nH]c3ncc(Cl)cc23)ncc1F. The molecule has 1 saturated carbocycles. The molecule has 0 aromatic carbocycles. The van der Waals surface area contributed by atoms with E-state index in [0.717, 1.165) is 30.8 Å². The Morgan fingerprint density at radius 1 is 1.30 bits per heavy atom. The molecule has 9 heteroatoms. The van der Waals surface area contributed by atoms with Gasteiger partial charge >= 0.3 is 5.97 Å². The van der Waals surface area contributed by atoms with Crippen molar-refractivity contribution in [2.45, 2.75) is 51.7 Å². The zero-order valence-corrected chi connectivity index (χ0v) is 17.5. The monoisotopic (exact) mass is 431 g/mol. The maximum absolute atomic E-state index is 14.5. The molecule has 30 heavy (non-hydrogen) atoms. The molecular weight excluding hydrogens is 409 g/mol. The van der Waals surface area contributed by atoms with Gasteiger partial charge in [0.05, 0.1) is 23.2 Å².